The third-order valence-corrected chi connectivity index (χ3v) is 5.53. The Labute approximate surface area is 163 Å². The van der Waals surface area contributed by atoms with Crippen LogP contribution in [0.25, 0.3) is 0 Å². The van der Waals surface area contributed by atoms with Crippen LogP contribution in [-0.4, -0.2) is 46.9 Å². The normalized spacial score (nSPS) is 17.3. The van der Waals surface area contributed by atoms with Crippen LogP contribution in [0.5, 0.6) is 0 Å². The number of rotatable bonds is 7. The third-order valence-electron chi connectivity index (χ3n) is 4.58. The van der Waals surface area contributed by atoms with Crippen LogP contribution in [-0.2, 0) is 4.74 Å². The second kappa shape index (κ2) is 9.49. The first-order valence-electron chi connectivity index (χ1n) is 9.20. The van der Waals surface area contributed by atoms with Crippen LogP contribution < -0.4 is 5.32 Å². The van der Waals surface area contributed by atoms with Crippen LogP contribution in [0.4, 0.5) is 9.93 Å². The predicted octanol–water partition coefficient (Wildman–Crippen LogP) is 3.73. The zero-order valence-electron chi connectivity index (χ0n) is 15.4. The van der Waals surface area contributed by atoms with Gasteiger partial charge in [0.15, 0.2) is 0 Å². The summed E-state index contributed by atoms with van der Waals surface area (Å²) < 4.78 is 5.61. The topological polar surface area (TPSA) is 67.3 Å². The maximum atomic E-state index is 12.6. The maximum absolute atomic E-state index is 12.6. The highest BCUT2D eigenvalue weighted by molar-refractivity contribution is 7.15. The molecule has 142 valence electrons. The minimum absolute atomic E-state index is 0.0524. The number of terminal acetylenes is 1. The van der Waals surface area contributed by atoms with Gasteiger partial charge in [0.1, 0.15) is 5.01 Å². The first kappa shape index (κ1) is 19.3. The van der Waals surface area contributed by atoms with Gasteiger partial charge in [-0.1, -0.05) is 54.5 Å². The van der Waals surface area contributed by atoms with E-state index in [0.717, 1.165) is 30.9 Å². The van der Waals surface area contributed by atoms with Crippen molar-refractivity contribution in [1.29, 1.82) is 0 Å². The van der Waals surface area contributed by atoms with Gasteiger partial charge in [0.05, 0.1) is 12.6 Å². The molecule has 7 heteroatoms. The molecule has 0 radical (unpaired) electrons. The first-order chi connectivity index (χ1) is 13.2. The van der Waals surface area contributed by atoms with Gasteiger partial charge in [0, 0.05) is 19.1 Å². The Morgan fingerprint density at radius 1 is 1.44 bits per heavy atom. The van der Waals surface area contributed by atoms with Crippen molar-refractivity contribution in [1.82, 2.24) is 15.1 Å². The standard InChI is InChI=1S/C20H24N4O2S/c1-3-12-24(14-16-11-8-13-26-16)20(25)21-19-23-22-18(27-19)17(4-2)15-9-6-5-7-10-15/h1,5-7,9-10,16-17H,4,8,11-14H2,2H3,(H,21,23,25)/t16-,17+/m0/s1. The molecular formula is C20H24N4O2S. The molecule has 2 heterocycles. The Morgan fingerprint density at radius 2 is 2.26 bits per heavy atom. The van der Waals surface area contributed by atoms with Gasteiger partial charge in [0.25, 0.3) is 0 Å². The summed E-state index contributed by atoms with van der Waals surface area (Å²) in [5.74, 6) is 2.71. The van der Waals surface area contributed by atoms with E-state index in [9.17, 15) is 4.79 Å². The first-order valence-corrected chi connectivity index (χ1v) is 10.0. The third kappa shape index (κ3) is 5.06. The molecule has 0 spiro atoms. The number of urea groups is 1. The number of nitrogens with zero attached hydrogens (tertiary/aromatic N) is 3. The highest BCUT2D eigenvalue weighted by Gasteiger charge is 2.23. The highest BCUT2D eigenvalue weighted by atomic mass is 32.1. The lowest BCUT2D eigenvalue weighted by molar-refractivity contribution is 0.0867. The van der Waals surface area contributed by atoms with E-state index < -0.39 is 0 Å². The summed E-state index contributed by atoms with van der Waals surface area (Å²) in [6.07, 6.45) is 8.36. The van der Waals surface area contributed by atoms with E-state index in [-0.39, 0.29) is 24.6 Å². The minimum Gasteiger partial charge on any atom is -0.376 e. The van der Waals surface area contributed by atoms with Crippen molar-refractivity contribution in [3.63, 3.8) is 0 Å². The lowest BCUT2D eigenvalue weighted by Gasteiger charge is -2.23. The van der Waals surface area contributed by atoms with Gasteiger partial charge >= 0.3 is 6.03 Å². The maximum Gasteiger partial charge on any atom is 0.324 e. The van der Waals surface area contributed by atoms with Gasteiger partial charge in [-0.25, -0.2) is 4.79 Å². The van der Waals surface area contributed by atoms with E-state index in [4.69, 9.17) is 11.2 Å². The summed E-state index contributed by atoms with van der Waals surface area (Å²) in [6.45, 7) is 3.59. The van der Waals surface area contributed by atoms with Crippen molar-refractivity contribution in [2.75, 3.05) is 25.0 Å². The molecule has 1 N–H and O–H groups in total. The SMILES string of the molecule is C#CCN(C[C@@H]1CCCO1)C(=O)Nc1nnc([C@H](CC)c2ccccc2)s1. The van der Waals surface area contributed by atoms with Gasteiger partial charge in [-0.15, -0.1) is 16.6 Å². The van der Waals surface area contributed by atoms with E-state index in [1.54, 1.807) is 4.90 Å². The highest BCUT2D eigenvalue weighted by Crippen LogP contribution is 2.31. The molecule has 2 atom stereocenters. The lowest BCUT2D eigenvalue weighted by Crippen LogP contribution is -2.40. The number of hydrogen-bond donors (Lipinski definition) is 1. The van der Waals surface area contributed by atoms with Gasteiger partial charge in [-0.3, -0.25) is 5.32 Å². The summed E-state index contributed by atoms with van der Waals surface area (Å²) in [6, 6.07) is 9.94. The van der Waals surface area contributed by atoms with Crippen molar-refractivity contribution in [3.8, 4) is 12.3 Å². The fraction of sp³-hybridized carbons (Fsp3) is 0.450. The Bertz CT molecular complexity index is 781. The molecule has 0 bridgehead atoms. The van der Waals surface area contributed by atoms with Crippen LogP contribution in [0.15, 0.2) is 30.3 Å². The minimum atomic E-state index is -0.265. The van der Waals surface area contributed by atoms with Crippen molar-refractivity contribution >= 4 is 22.5 Å². The molecule has 0 saturated carbocycles. The second-order valence-electron chi connectivity index (χ2n) is 6.47. The summed E-state index contributed by atoms with van der Waals surface area (Å²) in [7, 11) is 0. The number of nitrogens with one attached hydrogen (secondary N) is 1. The van der Waals surface area contributed by atoms with E-state index in [0.29, 0.717) is 11.7 Å². The summed E-state index contributed by atoms with van der Waals surface area (Å²) in [5.41, 5.74) is 1.20. The zero-order chi connectivity index (χ0) is 19.1. The number of carbonyl (C=O) groups excluding carboxylic acids is 1. The lowest BCUT2D eigenvalue weighted by atomic mass is 9.97. The molecule has 1 aliphatic heterocycles. The van der Waals surface area contributed by atoms with Crippen LogP contribution >= 0.6 is 11.3 Å². The van der Waals surface area contributed by atoms with E-state index in [1.165, 1.54) is 16.9 Å². The van der Waals surface area contributed by atoms with Gasteiger partial charge in [-0.05, 0) is 24.8 Å². The zero-order valence-corrected chi connectivity index (χ0v) is 16.2. The molecule has 1 aromatic heterocycles. The number of amides is 2. The van der Waals surface area contributed by atoms with Gasteiger partial charge < -0.3 is 9.64 Å². The predicted molar refractivity (Wildman–Crippen MR) is 107 cm³/mol. The summed E-state index contributed by atoms with van der Waals surface area (Å²) in [5, 5.41) is 12.7. The van der Waals surface area contributed by atoms with Crippen molar-refractivity contribution in [3.05, 3.63) is 40.9 Å². The fourth-order valence-electron chi connectivity index (χ4n) is 3.20. The van der Waals surface area contributed by atoms with Crippen molar-refractivity contribution in [2.24, 2.45) is 0 Å². The Morgan fingerprint density at radius 3 is 2.93 bits per heavy atom. The molecule has 2 amide bonds. The monoisotopic (exact) mass is 384 g/mol. The molecule has 3 rings (SSSR count). The smallest absolute Gasteiger partial charge is 0.324 e. The number of carbonyl (C=O) groups is 1. The average Bonchev–Trinajstić information content (AvgIpc) is 3.35. The number of ether oxygens (including phenoxy) is 1. The van der Waals surface area contributed by atoms with Crippen LogP contribution in [0.1, 0.15) is 42.7 Å². The molecule has 6 nitrogen and oxygen atoms in total. The summed E-state index contributed by atoms with van der Waals surface area (Å²) >= 11 is 1.40. The number of benzene rings is 1. The quantitative estimate of drug-likeness (QED) is 0.739. The number of hydrogen-bond acceptors (Lipinski definition) is 5. The molecular weight excluding hydrogens is 360 g/mol. The van der Waals surface area contributed by atoms with Crippen molar-refractivity contribution < 1.29 is 9.53 Å². The Balaban J connectivity index is 1.66. The van der Waals surface area contributed by atoms with Gasteiger partial charge in [-0.2, -0.15) is 0 Å². The van der Waals surface area contributed by atoms with Crippen LogP contribution in [0.2, 0.25) is 0 Å². The molecule has 0 aliphatic carbocycles. The molecule has 2 aromatic rings. The van der Waals surface area contributed by atoms with E-state index in [2.05, 4.69) is 40.5 Å². The number of anilines is 1. The molecule has 0 unspecified atom stereocenters. The van der Waals surface area contributed by atoms with Crippen LogP contribution in [0, 0.1) is 12.3 Å². The Hall–Kier alpha value is -2.43. The fourth-order valence-corrected chi connectivity index (χ4v) is 4.14. The molecule has 27 heavy (non-hydrogen) atoms. The van der Waals surface area contributed by atoms with E-state index >= 15 is 0 Å². The Kier molecular flexibility index (Phi) is 6.80. The average molecular weight is 385 g/mol. The van der Waals surface area contributed by atoms with E-state index in [1.807, 2.05) is 18.2 Å². The molecule has 1 aromatic carbocycles. The molecule has 1 fully saturated rings. The summed E-state index contributed by atoms with van der Waals surface area (Å²) in [4.78, 5) is 14.2. The largest absolute Gasteiger partial charge is 0.376 e. The number of aromatic nitrogens is 2. The molecule has 1 aliphatic rings. The van der Waals surface area contributed by atoms with Crippen molar-refractivity contribution in [2.45, 2.75) is 38.2 Å². The molecule has 1 saturated heterocycles. The second-order valence-corrected chi connectivity index (χ2v) is 7.48. The van der Waals surface area contributed by atoms with Crippen LogP contribution in [0.3, 0.4) is 0 Å². The van der Waals surface area contributed by atoms with Gasteiger partial charge in [0.2, 0.25) is 5.13 Å².